The molecular weight excluding hydrogens is 332 g/mol. The second kappa shape index (κ2) is 5.83. The van der Waals surface area contributed by atoms with Crippen molar-refractivity contribution in [3.63, 3.8) is 0 Å². The van der Waals surface area contributed by atoms with Crippen LogP contribution in [0.4, 0.5) is 23.2 Å². The number of benzene rings is 1. The van der Waals surface area contributed by atoms with Crippen LogP contribution in [0, 0.1) is 23.6 Å². The molecule has 0 aliphatic heterocycles. The number of hydrogen-bond acceptors (Lipinski definition) is 3. The molecule has 0 heterocycles. The number of nitrogens with one attached hydrogen (secondary N) is 1. The molecular formula is C15H14F4N2OS. The van der Waals surface area contributed by atoms with E-state index in [1.165, 1.54) is 6.07 Å². The number of anilines is 1. The van der Waals surface area contributed by atoms with Gasteiger partial charge in [-0.2, -0.15) is 13.2 Å². The molecule has 0 spiro atoms. The number of halogens is 4. The van der Waals surface area contributed by atoms with Gasteiger partial charge in [-0.3, -0.25) is 4.79 Å². The second-order valence-electron chi connectivity index (χ2n) is 5.73. The van der Waals surface area contributed by atoms with Crippen LogP contribution in [0.5, 0.6) is 0 Å². The largest absolute Gasteiger partial charge is 0.446 e. The standard InChI is InChI=1S/C15H14F4N2OS/c16-10-4-3-9(6-11(10)23-15(17,18)19)21-14(22)12-7-1-2-8(5-7)13(12)20/h1-4,6-8,12-13H,5,20H2,(H,21,22). The summed E-state index contributed by atoms with van der Waals surface area (Å²) in [4.78, 5) is 11.8. The van der Waals surface area contributed by atoms with E-state index in [4.69, 9.17) is 5.73 Å². The zero-order valence-corrected chi connectivity index (χ0v) is 12.6. The number of carbonyl (C=O) groups excluding carboxylic acids is 1. The van der Waals surface area contributed by atoms with E-state index < -0.39 is 33.9 Å². The fraction of sp³-hybridized carbons (Fsp3) is 0.400. The summed E-state index contributed by atoms with van der Waals surface area (Å²) in [6.07, 6.45) is 4.76. The minimum atomic E-state index is -4.60. The lowest BCUT2D eigenvalue weighted by Gasteiger charge is -2.23. The summed E-state index contributed by atoms with van der Waals surface area (Å²) in [6.45, 7) is 0. The highest BCUT2D eigenvalue weighted by Gasteiger charge is 2.46. The third-order valence-corrected chi connectivity index (χ3v) is 5.01. The maximum absolute atomic E-state index is 13.5. The number of hydrogen-bond donors (Lipinski definition) is 2. The lowest BCUT2D eigenvalue weighted by atomic mass is 9.88. The number of allylic oxidation sites excluding steroid dienone is 1. The summed E-state index contributed by atoms with van der Waals surface area (Å²) >= 11 is -0.549. The molecule has 3 rings (SSSR count). The van der Waals surface area contributed by atoms with Gasteiger partial charge >= 0.3 is 5.51 Å². The molecule has 1 saturated carbocycles. The molecule has 0 saturated heterocycles. The number of fused-ring (bicyclic) bond motifs is 2. The maximum Gasteiger partial charge on any atom is 0.446 e. The van der Waals surface area contributed by atoms with Gasteiger partial charge in [0.15, 0.2) is 0 Å². The van der Waals surface area contributed by atoms with Crippen LogP contribution in [0.25, 0.3) is 0 Å². The molecule has 2 aliphatic carbocycles. The first kappa shape index (κ1) is 16.3. The Bertz CT molecular complexity index is 661. The van der Waals surface area contributed by atoms with Crippen LogP contribution in [0.3, 0.4) is 0 Å². The highest BCUT2D eigenvalue weighted by molar-refractivity contribution is 8.00. The van der Waals surface area contributed by atoms with Gasteiger partial charge in [0.25, 0.3) is 0 Å². The van der Waals surface area contributed by atoms with E-state index in [-0.39, 0.29) is 29.5 Å². The normalized spacial score (nSPS) is 29.1. The molecule has 4 unspecified atom stereocenters. The highest BCUT2D eigenvalue weighted by Crippen LogP contribution is 2.43. The van der Waals surface area contributed by atoms with E-state index in [0.29, 0.717) is 0 Å². The Morgan fingerprint density at radius 2 is 1.96 bits per heavy atom. The second-order valence-corrected chi connectivity index (χ2v) is 6.84. The lowest BCUT2D eigenvalue weighted by molar-refractivity contribution is -0.120. The zero-order valence-electron chi connectivity index (χ0n) is 11.8. The minimum absolute atomic E-state index is 0.0551. The number of alkyl halides is 3. The van der Waals surface area contributed by atoms with Crippen LogP contribution in [0.1, 0.15) is 6.42 Å². The van der Waals surface area contributed by atoms with Gasteiger partial charge in [0.05, 0.1) is 10.8 Å². The quantitative estimate of drug-likeness (QED) is 0.500. The topological polar surface area (TPSA) is 55.1 Å². The first-order valence-corrected chi connectivity index (χ1v) is 7.86. The molecule has 3 nitrogen and oxygen atoms in total. The Morgan fingerprint density at radius 3 is 2.57 bits per heavy atom. The molecule has 4 atom stereocenters. The van der Waals surface area contributed by atoms with Gasteiger partial charge in [0.1, 0.15) is 5.82 Å². The van der Waals surface area contributed by atoms with Gasteiger partial charge in [-0.1, -0.05) is 12.2 Å². The fourth-order valence-electron chi connectivity index (χ4n) is 3.24. The summed E-state index contributed by atoms with van der Waals surface area (Å²) < 4.78 is 50.7. The van der Waals surface area contributed by atoms with Crippen LogP contribution < -0.4 is 11.1 Å². The average molecular weight is 346 g/mol. The van der Waals surface area contributed by atoms with Gasteiger partial charge in [-0.25, -0.2) is 4.39 Å². The molecule has 1 aromatic rings. The maximum atomic E-state index is 13.5. The summed E-state index contributed by atoms with van der Waals surface area (Å²) in [5, 5.41) is 2.55. The first-order chi connectivity index (χ1) is 10.7. The number of carbonyl (C=O) groups is 1. The van der Waals surface area contributed by atoms with E-state index in [1.807, 2.05) is 12.2 Å². The van der Waals surface area contributed by atoms with Crippen molar-refractivity contribution in [2.24, 2.45) is 23.5 Å². The predicted molar refractivity (Wildman–Crippen MR) is 79.1 cm³/mol. The van der Waals surface area contributed by atoms with Crippen molar-refractivity contribution in [1.82, 2.24) is 0 Å². The van der Waals surface area contributed by atoms with Crippen LogP contribution in [-0.4, -0.2) is 17.5 Å². The molecule has 1 fully saturated rings. The van der Waals surface area contributed by atoms with Gasteiger partial charge in [-0.15, -0.1) is 0 Å². The van der Waals surface area contributed by atoms with E-state index >= 15 is 0 Å². The zero-order chi connectivity index (χ0) is 16.8. The molecule has 2 bridgehead atoms. The third-order valence-electron chi connectivity index (χ3n) is 4.25. The fourth-order valence-corrected chi connectivity index (χ4v) is 3.84. The number of thioether (sulfide) groups is 1. The number of rotatable bonds is 3. The van der Waals surface area contributed by atoms with Crippen molar-refractivity contribution in [1.29, 1.82) is 0 Å². The highest BCUT2D eigenvalue weighted by atomic mass is 32.2. The van der Waals surface area contributed by atoms with E-state index in [0.717, 1.165) is 18.6 Å². The van der Waals surface area contributed by atoms with Crippen molar-refractivity contribution in [2.45, 2.75) is 22.9 Å². The van der Waals surface area contributed by atoms with Crippen LogP contribution in [0.15, 0.2) is 35.2 Å². The summed E-state index contributed by atoms with van der Waals surface area (Å²) in [5.74, 6) is -1.51. The minimum Gasteiger partial charge on any atom is -0.326 e. The summed E-state index contributed by atoms with van der Waals surface area (Å²) in [7, 11) is 0. The molecule has 2 aliphatic rings. The summed E-state index contributed by atoms with van der Waals surface area (Å²) in [5.41, 5.74) is 1.56. The monoisotopic (exact) mass is 346 g/mol. The van der Waals surface area contributed by atoms with Crippen molar-refractivity contribution in [2.75, 3.05) is 5.32 Å². The van der Waals surface area contributed by atoms with Gasteiger partial charge in [-0.05, 0) is 48.2 Å². The van der Waals surface area contributed by atoms with E-state index in [2.05, 4.69) is 5.32 Å². The summed E-state index contributed by atoms with van der Waals surface area (Å²) in [6, 6.07) is 2.83. The van der Waals surface area contributed by atoms with E-state index in [9.17, 15) is 22.4 Å². The molecule has 8 heteroatoms. The Hall–Kier alpha value is -1.54. The van der Waals surface area contributed by atoms with Crippen molar-refractivity contribution >= 4 is 23.4 Å². The number of nitrogens with two attached hydrogens (primary N) is 1. The van der Waals surface area contributed by atoms with Crippen LogP contribution in [-0.2, 0) is 4.79 Å². The van der Waals surface area contributed by atoms with Crippen LogP contribution >= 0.6 is 11.8 Å². The molecule has 0 aromatic heterocycles. The van der Waals surface area contributed by atoms with Crippen molar-refractivity contribution < 1.29 is 22.4 Å². The van der Waals surface area contributed by atoms with Crippen LogP contribution in [0.2, 0.25) is 0 Å². The van der Waals surface area contributed by atoms with Gasteiger partial charge < -0.3 is 11.1 Å². The Balaban J connectivity index is 1.74. The Kier molecular flexibility index (Phi) is 4.14. The molecule has 3 N–H and O–H groups in total. The molecule has 0 radical (unpaired) electrons. The Labute approximate surface area is 134 Å². The van der Waals surface area contributed by atoms with Gasteiger partial charge in [0, 0.05) is 11.7 Å². The molecule has 1 amide bonds. The van der Waals surface area contributed by atoms with E-state index in [1.54, 1.807) is 0 Å². The van der Waals surface area contributed by atoms with Crippen molar-refractivity contribution in [3.8, 4) is 0 Å². The third kappa shape index (κ3) is 3.37. The average Bonchev–Trinajstić information content (AvgIpc) is 3.01. The molecule has 23 heavy (non-hydrogen) atoms. The smallest absolute Gasteiger partial charge is 0.326 e. The number of amides is 1. The SMILES string of the molecule is NC1C2C=CC(C2)C1C(=O)Nc1ccc(F)c(SC(F)(F)F)c1. The molecule has 124 valence electrons. The molecule has 1 aromatic carbocycles. The van der Waals surface area contributed by atoms with Crippen molar-refractivity contribution in [3.05, 3.63) is 36.2 Å². The van der Waals surface area contributed by atoms with Gasteiger partial charge in [0.2, 0.25) is 5.91 Å². The first-order valence-electron chi connectivity index (χ1n) is 7.04. The lowest BCUT2D eigenvalue weighted by Crippen LogP contribution is -2.41. The predicted octanol–water partition coefficient (Wildman–Crippen LogP) is 3.53. The Morgan fingerprint density at radius 1 is 1.26 bits per heavy atom.